The van der Waals surface area contributed by atoms with Gasteiger partial charge in [-0.1, -0.05) is 48.8 Å². The molecule has 0 aliphatic heterocycles. The first-order valence-electron chi connectivity index (χ1n) is 7.24. The van der Waals surface area contributed by atoms with E-state index in [9.17, 15) is 4.79 Å². The molecule has 3 nitrogen and oxygen atoms in total. The standard InChI is InChI=1S/C18H21BrN2O/c1-18(2,3)13-4-8-16(9-5-13)21-17(22)12-20-15-10-6-14(19)7-11-15/h4-11,20H,12H2,1-3H3,(H,21,22). The molecule has 0 fully saturated rings. The lowest BCUT2D eigenvalue weighted by atomic mass is 9.87. The van der Waals surface area contributed by atoms with E-state index in [1.54, 1.807) is 0 Å². The zero-order valence-corrected chi connectivity index (χ0v) is 14.7. The van der Waals surface area contributed by atoms with E-state index in [-0.39, 0.29) is 17.9 Å². The van der Waals surface area contributed by atoms with E-state index in [1.807, 2.05) is 36.4 Å². The van der Waals surface area contributed by atoms with Crippen LogP contribution in [0.1, 0.15) is 26.3 Å². The highest BCUT2D eigenvalue weighted by Crippen LogP contribution is 2.23. The van der Waals surface area contributed by atoms with Crippen LogP contribution in [0.4, 0.5) is 11.4 Å². The van der Waals surface area contributed by atoms with Gasteiger partial charge < -0.3 is 10.6 Å². The number of halogens is 1. The number of carbonyl (C=O) groups excluding carboxylic acids is 1. The van der Waals surface area contributed by atoms with Crippen LogP contribution >= 0.6 is 15.9 Å². The lowest BCUT2D eigenvalue weighted by molar-refractivity contribution is -0.114. The SMILES string of the molecule is CC(C)(C)c1ccc(NC(=O)CNc2ccc(Br)cc2)cc1. The molecule has 0 radical (unpaired) electrons. The molecule has 0 unspecified atom stereocenters. The van der Waals surface area contributed by atoms with Crippen LogP contribution in [-0.2, 0) is 10.2 Å². The van der Waals surface area contributed by atoms with Gasteiger partial charge in [-0.3, -0.25) is 4.79 Å². The van der Waals surface area contributed by atoms with Crippen LogP contribution in [0.15, 0.2) is 53.0 Å². The van der Waals surface area contributed by atoms with Crippen molar-refractivity contribution in [3.63, 3.8) is 0 Å². The molecule has 0 heterocycles. The van der Waals surface area contributed by atoms with Gasteiger partial charge in [-0.2, -0.15) is 0 Å². The second-order valence-electron chi connectivity index (χ2n) is 6.24. The summed E-state index contributed by atoms with van der Waals surface area (Å²) in [6, 6.07) is 15.7. The number of anilines is 2. The summed E-state index contributed by atoms with van der Waals surface area (Å²) in [5.74, 6) is -0.0635. The van der Waals surface area contributed by atoms with Gasteiger partial charge >= 0.3 is 0 Å². The number of hydrogen-bond acceptors (Lipinski definition) is 2. The minimum absolute atomic E-state index is 0.0635. The van der Waals surface area contributed by atoms with Crippen LogP contribution in [-0.4, -0.2) is 12.5 Å². The average molecular weight is 361 g/mol. The van der Waals surface area contributed by atoms with Gasteiger partial charge in [0.15, 0.2) is 0 Å². The van der Waals surface area contributed by atoms with E-state index in [2.05, 4.69) is 59.5 Å². The quantitative estimate of drug-likeness (QED) is 0.822. The zero-order valence-electron chi connectivity index (χ0n) is 13.1. The number of rotatable bonds is 4. The van der Waals surface area contributed by atoms with Crippen molar-refractivity contribution in [3.8, 4) is 0 Å². The fourth-order valence-corrected chi connectivity index (χ4v) is 2.27. The van der Waals surface area contributed by atoms with E-state index in [0.29, 0.717) is 0 Å². The lowest BCUT2D eigenvalue weighted by Gasteiger charge is -2.19. The smallest absolute Gasteiger partial charge is 0.243 e. The summed E-state index contributed by atoms with van der Waals surface area (Å²) in [6.07, 6.45) is 0. The summed E-state index contributed by atoms with van der Waals surface area (Å²) >= 11 is 3.38. The average Bonchev–Trinajstić information content (AvgIpc) is 2.46. The molecule has 0 atom stereocenters. The van der Waals surface area contributed by atoms with Crippen LogP contribution in [0.2, 0.25) is 0 Å². The molecule has 0 aliphatic rings. The Kier molecular flexibility index (Phi) is 5.24. The molecule has 22 heavy (non-hydrogen) atoms. The van der Waals surface area contributed by atoms with Crippen LogP contribution in [0.3, 0.4) is 0 Å². The Balaban J connectivity index is 1.88. The third kappa shape index (κ3) is 4.88. The molecule has 0 spiro atoms. The third-order valence-corrected chi connectivity index (χ3v) is 3.86. The highest BCUT2D eigenvalue weighted by Gasteiger charge is 2.13. The molecule has 2 N–H and O–H groups in total. The van der Waals surface area contributed by atoms with Gasteiger partial charge in [-0.05, 0) is 47.4 Å². The molecule has 2 aromatic carbocycles. The van der Waals surface area contributed by atoms with Crippen molar-refractivity contribution in [3.05, 3.63) is 58.6 Å². The van der Waals surface area contributed by atoms with Crippen molar-refractivity contribution in [2.45, 2.75) is 26.2 Å². The summed E-state index contributed by atoms with van der Waals surface area (Å²) in [7, 11) is 0. The van der Waals surface area contributed by atoms with Crippen LogP contribution < -0.4 is 10.6 Å². The van der Waals surface area contributed by atoms with E-state index in [1.165, 1.54) is 5.56 Å². The molecule has 2 rings (SSSR count). The Morgan fingerprint density at radius 1 is 0.955 bits per heavy atom. The summed E-state index contributed by atoms with van der Waals surface area (Å²) in [4.78, 5) is 12.0. The van der Waals surface area contributed by atoms with Crippen molar-refractivity contribution in [2.75, 3.05) is 17.2 Å². The summed E-state index contributed by atoms with van der Waals surface area (Å²) in [5.41, 5.74) is 3.10. The second kappa shape index (κ2) is 6.97. The summed E-state index contributed by atoms with van der Waals surface area (Å²) in [6.45, 7) is 6.75. The van der Waals surface area contributed by atoms with Gasteiger partial charge in [0.25, 0.3) is 0 Å². The number of nitrogens with one attached hydrogen (secondary N) is 2. The molecule has 0 aromatic heterocycles. The summed E-state index contributed by atoms with van der Waals surface area (Å²) < 4.78 is 1.02. The first kappa shape index (κ1) is 16.6. The fourth-order valence-electron chi connectivity index (χ4n) is 2.01. The highest BCUT2D eigenvalue weighted by molar-refractivity contribution is 9.10. The van der Waals surface area contributed by atoms with Gasteiger partial charge in [-0.15, -0.1) is 0 Å². The van der Waals surface area contributed by atoms with Gasteiger partial charge in [0.2, 0.25) is 5.91 Å². The molecule has 0 saturated heterocycles. The largest absolute Gasteiger partial charge is 0.376 e. The predicted octanol–water partition coefficient (Wildman–Crippen LogP) is 4.80. The lowest BCUT2D eigenvalue weighted by Crippen LogP contribution is -2.21. The first-order chi connectivity index (χ1) is 10.3. The van der Waals surface area contributed by atoms with Crippen LogP contribution in [0.5, 0.6) is 0 Å². The summed E-state index contributed by atoms with van der Waals surface area (Å²) in [5, 5.41) is 5.99. The zero-order chi connectivity index (χ0) is 16.2. The molecule has 0 bridgehead atoms. The number of benzene rings is 2. The van der Waals surface area contributed by atoms with Gasteiger partial charge in [0, 0.05) is 15.8 Å². The number of amides is 1. The molecule has 4 heteroatoms. The predicted molar refractivity (Wildman–Crippen MR) is 96.4 cm³/mol. The van der Waals surface area contributed by atoms with Gasteiger partial charge in [0.1, 0.15) is 0 Å². The van der Waals surface area contributed by atoms with Crippen molar-refractivity contribution in [2.24, 2.45) is 0 Å². The Morgan fingerprint density at radius 2 is 1.50 bits per heavy atom. The highest BCUT2D eigenvalue weighted by atomic mass is 79.9. The van der Waals surface area contributed by atoms with E-state index in [0.717, 1.165) is 15.8 Å². The Labute approximate surface area is 140 Å². The number of hydrogen-bond donors (Lipinski definition) is 2. The van der Waals surface area contributed by atoms with E-state index >= 15 is 0 Å². The van der Waals surface area contributed by atoms with Crippen molar-refractivity contribution in [1.29, 1.82) is 0 Å². The normalized spacial score (nSPS) is 11.1. The molecular weight excluding hydrogens is 340 g/mol. The maximum Gasteiger partial charge on any atom is 0.243 e. The monoisotopic (exact) mass is 360 g/mol. The van der Waals surface area contributed by atoms with Gasteiger partial charge in [0.05, 0.1) is 6.54 Å². The van der Waals surface area contributed by atoms with E-state index in [4.69, 9.17) is 0 Å². The number of carbonyl (C=O) groups is 1. The topological polar surface area (TPSA) is 41.1 Å². The van der Waals surface area contributed by atoms with Crippen molar-refractivity contribution >= 4 is 33.2 Å². The minimum Gasteiger partial charge on any atom is -0.376 e. The maximum absolute atomic E-state index is 12.0. The molecule has 2 aromatic rings. The minimum atomic E-state index is -0.0635. The molecule has 1 amide bonds. The molecule has 0 aliphatic carbocycles. The second-order valence-corrected chi connectivity index (χ2v) is 7.15. The maximum atomic E-state index is 12.0. The molecule has 0 saturated carbocycles. The van der Waals surface area contributed by atoms with Crippen LogP contribution in [0.25, 0.3) is 0 Å². The van der Waals surface area contributed by atoms with E-state index < -0.39 is 0 Å². The van der Waals surface area contributed by atoms with Crippen molar-refractivity contribution < 1.29 is 4.79 Å². The first-order valence-corrected chi connectivity index (χ1v) is 8.04. The fraction of sp³-hybridized carbons (Fsp3) is 0.278. The Bertz CT molecular complexity index is 628. The Morgan fingerprint density at radius 3 is 2.05 bits per heavy atom. The third-order valence-electron chi connectivity index (χ3n) is 3.33. The van der Waals surface area contributed by atoms with Crippen LogP contribution in [0, 0.1) is 0 Å². The molecule has 116 valence electrons. The Hall–Kier alpha value is -1.81. The van der Waals surface area contributed by atoms with Gasteiger partial charge in [-0.25, -0.2) is 0 Å². The molecular formula is C18H21BrN2O. The van der Waals surface area contributed by atoms with Crippen molar-refractivity contribution in [1.82, 2.24) is 0 Å².